The number of ketones is 1. The number of carboxylic acids is 2. The summed E-state index contributed by atoms with van der Waals surface area (Å²) in [6, 6.07) is 0. The van der Waals surface area contributed by atoms with Gasteiger partial charge in [-0.1, -0.05) is 28.4 Å². The number of carbonyl (C=O) groups excluding carboxylic acids is 2. The smallest absolute Gasteiger partial charge is 0.379 e. The minimum atomic E-state index is -1.54. The molecule has 11 nitrogen and oxygen atoms in total. The third-order valence-corrected chi connectivity index (χ3v) is 6.35. The second kappa shape index (κ2) is 11.0. The summed E-state index contributed by atoms with van der Waals surface area (Å²) in [6.07, 6.45) is 0.838. The summed E-state index contributed by atoms with van der Waals surface area (Å²) in [7, 11) is 0. The Kier molecular flexibility index (Phi) is 8.98. The van der Waals surface area contributed by atoms with Crippen molar-refractivity contribution >= 4 is 75.3 Å². The molecule has 190 valence electrons. The summed E-state index contributed by atoms with van der Waals surface area (Å²) < 4.78 is 5.60. The molecular formula is C20H21Cl2N3O8S2. The molecule has 1 fully saturated rings. The van der Waals surface area contributed by atoms with Gasteiger partial charge in [0.05, 0.1) is 10.0 Å². The summed E-state index contributed by atoms with van der Waals surface area (Å²) in [5, 5.41) is 22.4. The molecule has 1 saturated carbocycles. The standard InChI is InChI=1S/C14H17ClN2O5S.C6H4ClNO3S/c1-7-16-8(10(15)23-7)9(11(18)19)17-22-14(5-6-14)12(20)21-13(2,3)4;1-2-8-3(5(7)12-2)4(9)6(10)11/h5-6H2,1-4H3,(H,18,19);1H3,(H,10,11)/b17-9-;. The second-order valence-corrected chi connectivity index (χ2v) is 11.8. The number of rotatable bonds is 7. The number of nitrogens with zero attached hydrogens (tertiary/aromatic N) is 3. The number of aromatic nitrogens is 2. The number of thiazole rings is 2. The maximum absolute atomic E-state index is 12.1. The number of halogens is 2. The lowest BCUT2D eigenvalue weighted by Crippen LogP contribution is -2.34. The van der Waals surface area contributed by atoms with Crippen molar-refractivity contribution in [2.75, 3.05) is 0 Å². The number of esters is 1. The number of hydrogen-bond acceptors (Lipinski definition) is 11. The average Bonchev–Trinajstić information content (AvgIpc) is 3.33. The number of aryl methyl sites for hydroxylation is 2. The van der Waals surface area contributed by atoms with Crippen molar-refractivity contribution in [3.8, 4) is 0 Å². The van der Waals surface area contributed by atoms with Crippen molar-refractivity contribution in [3.63, 3.8) is 0 Å². The molecule has 3 rings (SSSR count). The molecule has 2 heterocycles. The molecule has 0 spiro atoms. The van der Waals surface area contributed by atoms with E-state index < -0.39 is 40.6 Å². The Labute approximate surface area is 217 Å². The van der Waals surface area contributed by atoms with Crippen LogP contribution in [-0.2, 0) is 24.0 Å². The van der Waals surface area contributed by atoms with Crippen LogP contribution in [0.1, 0.15) is 59.8 Å². The lowest BCUT2D eigenvalue weighted by molar-refractivity contribution is -0.172. The van der Waals surface area contributed by atoms with Gasteiger partial charge in [-0.25, -0.2) is 24.4 Å². The van der Waals surface area contributed by atoms with Crippen LogP contribution in [0.4, 0.5) is 0 Å². The monoisotopic (exact) mass is 565 g/mol. The summed E-state index contributed by atoms with van der Waals surface area (Å²) in [5.41, 5.74) is -2.46. The van der Waals surface area contributed by atoms with Gasteiger partial charge in [-0.15, -0.1) is 22.7 Å². The molecule has 0 aromatic carbocycles. The van der Waals surface area contributed by atoms with E-state index in [-0.39, 0.29) is 20.1 Å². The molecule has 35 heavy (non-hydrogen) atoms. The summed E-state index contributed by atoms with van der Waals surface area (Å²) in [4.78, 5) is 57.5. The Balaban J connectivity index is 0.000000303. The van der Waals surface area contributed by atoms with Crippen molar-refractivity contribution in [2.24, 2.45) is 5.16 Å². The predicted octanol–water partition coefficient (Wildman–Crippen LogP) is 4.16. The van der Waals surface area contributed by atoms with Crippen LogP contribution in [0.25, 0.3) is 0 Å². The van der Waals surface area contributed by atoms with E-state index in [0.717, 1.165) is 22.7 Å². The Hall–Kier alpha value is -2.61. The van der Waals surface area contributed by atoms with Gasteiger partial charge in [0.2, 0.25) is 11.3 Å². The first-order chi connectivity index (χ1) is 16.1. The third-order valence-electron chi connectivity index (χ3n) is 4.01. The topological polar surface area (TPSA) is 165 Å². The zero-order chi connectivity index (χ0) is 26.7. The summed E-state index contributed by atoms with van der Waals surface area (Å²) in [5.74, 6) is -4.50. The van der Waals surface area contributed by atoms with Crippen molar-refractivity contribution in [2.45, 2.75) is 58.7 Å². The van der Waals surface area contributed by atoms with Gasteiger partial charge in [0.1, 0.15) is 25.7 Å². The lowest BCUT2D eigenvalue weighted by atomic mass is 10.2. The van der Waals surface area contributed by atoms with E-state index >= 15 is 0 Å². The van der Waals surface area contributed by atoms with Crippen molar-refractivity contribution in [3.05, 3.63) is 30.1 Å². The normalized spacial score (nSPS) is 14.4. The molecule has 15 heteroatoms. The van der Waals surface area contributed by atoms with Gasteiger partial charge in [0.25, 0.3) is 5.78 Å². The highest BCUT2D eigenvalue weighted by Gasteiger charge is 2.56. The maximum Gasteiger partial charge on any atom is 0.379 e. The Bertz CT molecular complexity index is 1200. The number of aliphatic carboxylic acids is 2. The van der Waals surface area contributed by atoms with E-state index in [1.165, 1.54) is 0 Å². The highest BCUT2D eigenvalue weighted by atomic mass is 35.5. The molecule has 0 unspecified atom stereocenters. The number of hydrogen-bond donors (Lipinski definition) is 2. The van der Waals surface area contributed by atoms with Crippen LogP contribution in [0.5, 0.6) is 0 Å². The first-order valence-corrected chi connectivity index (χ1v) is 12.2. The van der Waals surface area contributed by atoms with Gasteiger partial charge in [0, 0.05) is 12.8 Å². The van der Waals surface area contributed by atoms with E-state index in [1.807, 2.05) is 0 Å². The van der Waals surface area contributed by atoms with Crippen LogP contribution < -0.4 is 0 Å². The average molecular weight is 566 g/mol. The number of carbonyl (C=O) groups is 4. The fraction of sp³-hybridized carbons (Fsp3) is 0.450. The third kappa shape index (κ3) is 7.69. The van der Waals surface area contributed by atoms with Crippen LogP contribution in [-0.4, -0.2) is 60.8 Å². The van der Waals surface area contributed by atoms with Gasteiger partial charge in [-0.3, -0.25) is 4.79 Å². The van der Waals surface area contributed by atoms with Crippen molar-refractivity contribution in [1.82, 2.24) is 9.97 Å². The SMILES string of the molecule is Cc1nc(/C(=N/OC2(C(=O)OC(C)(C)C)CC2)C(=O)O)c(Cl)s1.Cc1nc(C(=O)C(=O)O)c(Cl)s1. The number of oxime groups is 1. The molecule has 0 saturated heterocycles. The van der Waals surface area contributed by atoms with E-state index in [9.17, 15) is 24.3 Å². The Morgan fingerprint density at radius 2 is 1.43 bits per heavy atom. The molecule has 0 amide bonds. The van der Waals surface area contributed by atoms with Gasteiger partial charge in [-0.05, 0) is 34.6 Å². The lowest BCUT2D eigenvalue weighted by Gasteiger charge is -2.22. The molecule has 1 aliphatic rings. The van der Waals surface area contributed by atoms with Crippen LogP contribution >= 0.6 is 45.9 Å². The molecule has 0 aliphatic heterocycles. The molecule has 0 radical (unpaired) electrons. The van der Waals surface area contributed by atoms with Gasteiger partial charge in [-0.2, -0.15) is 0 Å². The zero-order valence-electron chi connectivity index (χ0n) is 19.2. The summed E-state index contributed by atoms with van der Waals surface area (Å²) >= 11 is 13.7. The van der Waals surface area contributed by atoms with E-state index in [0.29, 0.717) is 22.9 Å². The van der Waals surface area contributed by atoms with E-state index in [4.69, 9.17) is 37.9 Å². The second-order valence-electron chi connectivity index (χ2n) is 8.18. The van der Waals surface area contributed by atoms with Crippen molar-refractivity contribution in [1.29, 1.82) is 0 Å². The Morgan fingerprint density at radius 3 is 1.77 bits per heavy atom. The fourth-order valence-corrected chi connectivity index (χ4v) is 4.52. The quantitative estimate of drug-likeness (QED) is 0.163. The highest BCUT2D eigenvalue weighted by Crippen LogP contribution is 2.42. The predicted molar refractivity (Wildman–Crippen MR) is 129 cm³/mol. The highest BCUT2D eigenvalue weighted by molar-refractivity contribution is 7.16. The van der Waals surface area contributed by atoms with Gasteiger partial charge in [0.15, 0.2) is 0 Å². The first kappa shape index (κ1) is 28.6. The maximum atomic E-state index is 12.1. The van der Waals surface area contributed by atoms with Gasteiger partial charge < -0.3 is 19.8 Å². The largest absolute Gasteiger partial charge is 0.476 e. The van der Waals surface area contributed by atoms with Crippen molar-refractivity contribution < 1.29 is 39.0 Å². The van der Waals surface area contributed by atoms with E-state index in [2.05, 4.69) is 15.1 Å². The molecule has 0 atom stereocenters. The molecule has 2 aromatic heterocycles. The van der Waals surface area contributed by atoms with Crippen LogP contribution in [0.3, 0.4) is 0 Å². The number of carboxylic acid groups (broad SMARTS) is 2. The fourth-order valence-electron chi connectivity index (χ4n) is 2.33. The van der Waals surface area contributed by atoms with Crippen LogP contribution in [0, 0.1) is 13.8 Å². The molecule has 1 aliphatic carbocycles. The van der Waals surface area contributed by atoms with Crippen LogP contribution in [0.2, 0.25) is 8.67 Å². The summed E-state index contributed by atoms with van der Waals surface area (Å²) in [6.45, 7) is 8.57. The Morgan fingerprint density at radius 1 is 0.943 bits per heavy atom. The molecule has 0 bridgehead atoms. The van der Waals surface area contributed by atoms with E-state index in [1.54, 1.807) is 34.6 Å². The molecular weight excluding hydrogens is 545 g/mol. The first-order valence-electron chi connectivity index (χ1n) is 9.83. The minimum absolute atomic E-state index is 0.0293. The zero-order valence-corrected chi connectivity index (χ0v) is 22.3. The molecule has 2 aromatic rings. The number of ether oxygens (including phenoxy) is 1. The molecule has 2 N–H and O–H groups in total. The van der Waals surface area contributed by atoms with Gasteiger partial charge >= 0.3 is 17.9 Å². The van der Waals surface area contributed by atoms with Crippen LogP contribution in [0.15, 0.2) is 5.16 Å². The number of Topliss-reactive ketones (excluding diaryl/α,β-unsaturated/α-hetero) is 1. The minimum Gasteiger partial charge on any atom is -0.476 e.